The second-order valence-corrected chi connectivity index (χ2v) is 13.0. The van der Waals surface area contributed by atoms with E-state index in [0.29, 0.717) is 20.2 Å². The van der Waals surface area contributed by atoms with Gasteiger partial charge in [-0.2, -0.15) is 25.7 Å². The van der Waals surface area contributed by atoms with Crippen LogP contribution in [0, 0.1) is 0 Å². The molecular formula is C32H30N10O6S2. The molecule has 2 unspecified atom stereocenters. The van der Waals surface area contributed by atoms with E-state index >= 15 is 0 Å². The molecule has 0 saturated carbocycles. The minimum atomic E-state index is -4.72. The average molecular weight is 715 g/mol. The van der Waals surface area contributed by atoms with Crippen LogP contribution >= 0.6 is 0 Å². The Hall–Kier alpha value is -6.08. The molecule has 0 fully saturated rings. The van der Waals surface area contributed by atoms with Crippen molar-refractivity contribution in [2.45, 2.75) is 12.6 Å². The summed E-state index contributed by atoms with van der Waals surface area (Å²) in [5.41, 5.74) is 3.41. The first-order valence-corrected chi connectivity index (χ1v) is 17.6. The Balaban J connectivity index is 1.10. The quantitative estimate of drug-likeness (QED) is 0.120. The van der Waals surface area contributed by atoms with Crippen molar-refractivity contribution in [1.82, 2.24) is 10.0 Å². The van der Waals surface area contributed by atoms with E-state index in [1.165, 1.54) is 49.6 Å². The summed E-state index contributed by atoms with van der Waals surface area (Å²) in [6, 6.07) is 30.8. The lowest BCUT2D eigenvalue weighted by Gasteiger charge is -2.36. The Morgan fingerprint density at radius 2 is 0.920 bits per heavy atom. The van der Waals surface area contributed by atoms with Gasteiger partial charge in [0.15, 0.2) is 0 Å². The van der Waals surface area contributed by atoms with Gasteiger partial charge in [-0.25, -0.2) is 30.0 Å². The van der Waals surface area contributed by atoms with Gasteiger partial charge in [0.1, 0.15) is 25.4 Å². The van der Waals surface area contributed by atoms with Crippen LogP contribution in [0.25, 0.3) is 12.2 Å². The third-order valence-corrected chi connectivity index (χ3v) is 8.78. The molecule has 2 heterocycles. The summed E-state index contributed by atoms with van der Waals surface area (Å²) in [4.78, 5) is 16.4. The van der Waals surface area contributed by atoms with Crippen molar-refractivity contribution in [2.24, 2.45) is 20.0 Å². The SMILES string of the molecule is O=S(=O)(O)N(c1ccccc1)N1C=NC=NC1Nc1ccc(C=Cc2ccc(NC3N=CN=CN3N(c3ccccc3)S(=O)(=O)O)cc2)cc1. The smallest absolute Gasteiger partial charge is 0.345 e. The van der Waals surface area contributed by atoms with Gasteiger partial charge in [0, 0.05) is 11.4 Å². The molecule has 18 heteroatoms. The minimum Gasteiger partial charge on any atom is -0.345 e. The lowest BCUT2D eigenvalue weighted by Crippen LogP contribution is -2.54. The Bertz CT molecular complexity index is 1990. The first kappa shape index (κ1) is 33.8. The van der Waals surface area contributed by atoms with Gasteiger partial charge < -0.3 is 10.6 Å². The number of rotatable bonds is 12. The molecule has 50 heavy (non-hydrogen) atoms. The van der Waals surface area contributed by atoms with Crippen LogP contribution in [0.2, 0.25) is 0 Å². The zero-order chi connectivity index (χ0) is 35.1. The highest BCUT2D eigenvalue weighted by Gasteiger charge is 2.33. The van der Waals surface area contributed by atoms with E-state index < -0.39 is 33.2 Å². The summed E-state index contributed by atoms with van der Waals surface area (Å²) in [6.45, 7) is 0. The van der Waals surface area contributed by atoms with Crippen LogP contribution in [0.15, 0.2) is 129 Å². The monoisotopic (exact) mass is 714 g/mol. The first-order chi connectivity index (χ1) is 24.1. The highest BCUT2D eigenvalue weighted by molar-refractivity contribution is 7.87. The zero-order valence-corrected chi connectivity index (χ0v) is 27.6. The molecule has 4 aromatic carbocycles. The van der Waals surface area contributed by atoms with Crippen molar-refractivity contribution >= 4 is 80.9 Å². The third-order valence-electron chi connectivity index (χ3n) is 7.11. The fraction of sp³-hybridized carbons (Fsp3) is 0.0625. The van der Waals surface area contributed by atoms with Crippen LogP contribution in [0.5, 0.6) is 0 Å². The van der Waals surface area contributed by atoms with Gasteiger partial charge in [-0.15, -0.1) is 0 Å². The minimum absolute atomic E-state index is 0.195. The van der Waals surface area contributed by atoms with Crippen molar-refractivity contribution in [3.8, 4) is 0 Å². The summed E-state index contributed by atoms with van der Waals surface area (Å²) in [5.74, 6) is 0. The maximum absolute atomic E-state index is 12.3. The Labute approximate surface area is 288 Å². The van der Waals surface area contributed by atoms with Gasteiger partial charge in [0.05, 0.1) is 11.4 Å². The molecule has 6 rings (SSSR count). The van der Waals surface area contributed by atoms with E-state index in [-0.39, 0.29) is 11.4 Å². The molecule has 0 bridgehead atoms. The van der Waals surface area contributed by atoms with E-state index in [4.69, 9.17) is 0 Å². The first-order valence-electron chi connectivity index (χ1n) is 14.8. The summed E-state index contributed by atoms with van der Waals surface area (Å²) in [7, 11) is -9.44. The fourth-order valence-corrected chi connectivity index (χ4v) is 6.43. The molecule has 0 aromatic heterocycles. The number of benzene rings is 4. The van der Waals surface area contributed by atoms with Crippen molar-refractivity contribution in [3.63, 3.8) is 0 Å². The van der Waals surface area contributed by atoms with Crippen molar-refractivity contribution in [1.29, 1.82) is 0 Å². The number of para-hydroxylation sites is 2. The van der Waals surface area contributed by atoms with Crippen molar-refractivity contribution < 1.29 is 25.9 Å². The number of anilines is 4. The van der Waals surface area contributed by atoms with Crippen LogP contribution in [-0.4, -0.2) is 73.9 Å². The van der Waals surface area contributed by atoms with Crippen LogP contribution < -0.4 is 19.5 Å². The molecule has 0 saturated heterocycles. The third kappa shape index (κ3) is 8.13. The van der Waals surface area contributed by atoms with Crippen molar-refractivity contribution in [2.75, 3.05) is 19.5 Å². The van der Waals surface area contributed by atoms with E-state index in [0.717, 1.165) is 21.1 Å². The van der Waals surface area contributed by atoms with Gasteiger partial charge in [-0.1, -0.05) is 72.8 Å². The predicted molar refractivity (Wildman–Crippen MR) is 195 cm³/mol. The number of hydrogen-bond donors (Lipinski definition) is 4. The molecule has 256 valence electrons. The molecule has 16 nitrogen and oxygen atoms in total. The van der Waals surface area contributed by atoms with E-state index in [1.54, 1.807) is 60.7 Å². The van der Waals surface area contributed by atoms with Crippen LogP contribution in [0.1, 0.15) is 11.1 Å². The maximum atomic E-state index is 12.3. The molecule has 2 aliphatic rings. The molecule has 0 aliphatic carbocycles. The molecule has 4 aromatic rings. The molecule has 4 N–H and O–H groups in total. The standard InChI is InChI=1S/C32H30N10O6S2/c43-49(44,45)41(29-7-3-1-4-8-29)39-23-33-21-35-31(39)37-27-17-13-25(14-18-27)11-12-26-15-19-28(20-16-26)38-32-36-22-34-24-40(32)42(50(46,47)48)30-9-5-2-6-10-30/h1-24,31-32,37-38H,(H,43,44,45)(H,46,47,48). The number of aliphatic imine (C=N–C) groups is 4. The summed E-state index contributed by atoms with van der Waals surface area (Å²) >= 11 is 0. The topological polar surface area (TPSA) is 195 Å². The average Bonchev–Trinajstić information content (AvgIpc) is 3.10. The van der Waals surface area contributed by atoms with E-state index in [2.05, 4.69) is 30.6 Å². The van der Waals surface area contributed by atoms with E-state index in [1.807, 2.05) is 36.4 Å². The summed E-state index contributed by atoms with van der Waals surface area (Å²) in [5, 5.41) is 8.60. The van der Waals surface area contributed by atoms with Crippen LogP contribution in [0.3, 0.4) is 0 Å². The predicted octanol–water partition coefficient (Wildman–Crippen LogP) is 4.44. The Kier molecular flexibility index (Phi) is 9.86. The zero-order valence-electron chi connectivity index (χ0n) is 25.9. The summed E-state index contributed by atoms with van der Waals surface area (Å²) < 4.78 is 70.8. The number of hydrazine groups is 2. The number of nitrogens with one attached hydrogen (secondary N) is 2. The molecule has 0 spiro atoms. The highest BCUT2D eigenvalue weighted by atomic mass is 32.2. The maximum Gasteiger partial charge on any atom is 0.378 e. The van der Waals surface area contributed by atoms with Gasteiger partial charge in [-0.3, -0.25) is 9.11 Å². The largest absolute Gasteiger partial charge is 0.378 e. The molecular weight excluding hydrogens is 685 g/mol. The molecule has 2 atom stereocenters. The normalized spacial score (nSPS) is 17.2. The van der Waals surface area contributed by atoms with Crippen LogP contribution in [0.4, 0.5) is 22.7 Å². The lowest BCUT2D eigenvalue weighted by atomic mass is 10.1. The molecule has 0 amide bonds. The Morgan fingerprint density at radius 3 is 1.26 bits per heavy atom. The summed E-state index contributed by atoms with van der Waals surface area (Å²) in [6.07, 6.45) is 7.01. The second-order valence-electron chi connectivity index (χ2n) is 10.5. The number of hydrogen-bond acceptors (Lipinski definition) is 12. The van der Waals surface area contributed by atoms with Crippen LogP contribution in [-0.2, 0) is 20.6 Å². The highest BCUT2D eigenvalue weighted by Crippen LogP contribution is 2.25. The second kappa shape index (κ2) is 14.6. The fourth-order valence-electron chi connectivity index (χ4n) is 4.92. The Morgan fingerprint density at radius 1 is 0.560 bits per heavy atom. The van der Waals surface area contributed by atoms with Gasteiger partial charge >= 0.3 is 20.6 Å². The van der Waals surface area contributed by atoms with Crippen molar-refractivity contribution in [3.05, 3.63) is 120 Å². The van der Waals surface area contributed by atoms with Gasteiger partial charge in [-0.05, 0) is 59.7 Å². The molecule has 2 aliphatic heterocycles. The molecule has 0 radical (unpaired) electrons. The van der Waals surface area contributed by atoms with Gasteiger partial charge in [0.2, 0.25) is 12.6 Å². The number of nitrogens with zero attached hydrogens (tertiary/aromatic N) is 8. The van der Waals surface area contributed by atoms with Gasteiger partial charge in [0.25, 0.3) is 0 Å². The van der Waals surface area contributed by atoms with E-state index in [9.17, 15) is 25.9 Å². The lowest BCUT2D eigenvalue weighted by molar-refractivity contribution is 0.348.